The maximum absolute atomic E-state index is 12.6. The molecule has 0 aliphatic heterocycles. The van der Waals surface area contributed by atoms with Crippen LogP contribution in [0.2, 0.25) is 0 Å². The van der Waals surface area contributed by atoms with E-state index in [1.807, 2.05) is 0 Å². The predicted molar refractivity (Wildman–Crippen MR) is 82.7 cm³/mol. The zero-order valence-electron chi connectivity index (χ0n) is 14.3. The van der Waals surface area contributed by atoms with Gasteiger partial charge in [-0.15, -0.1) is 0 Å². The van der Waals surface area contributed by atoms with E-state index in [0.717, 1.165) is 18.4 Å². The fourth-order valence-electron chi connectivity index (χ4n) is 3.24. The second kappa shape index (κ2) is 8.22. The first kappa shape index (κ1) is 20.4. The molecule has 1 aliphatic carbocycles. The number of halogens is 4. The van der Waals surface area contributed by atoms with Crippen molar-refractivity contribution in [1.29, 1.82) is 0 Å². The smallest absolute Gasteiger partial charge is 0.387 e. The molecular weight excluding hydrogens is 360 g/mol. The molecule has 0 saturated heterocycles. The minimum atomic E-state index is -3.22. The Balaban J connectivity index is 2.35. The maximum atomic E-state index is 12.6. The molecule has 1 aromatic carbocycles. The Bertz CT molecular complexity index is 609. The first-order chi connectivity index (χ1) is 12.3. The van der Waals surface area contributed by atoms with E-state index in [1.54, 1.807) is 0 Å². The number of aldehydes is 1. The molecule has 0 heterocycles. The van der Waals surface area contributed by atoms with Crippen LogP contribution in [0.3, 0.4) is 0 Å². The van der Waals surface area contributed by atoms with Gasteiger partial charge in [0, 0.05) is 27.1 Å². The molecule has 2 rings (SSSR count). The van der Waals surface area contributed by atoms with E-state index in [-0.39, 0.29) is 0 Å². The highest BCUT2D eigenvalue weighted by Gasteiger charge is 2.44. The summed E-state index contributed by atoms with van der Waals surface area (Å²) in [6, 6.07) is 3.64. The van der Waals surface area contributed by atoms with E-state index in [0.29, 0.717) is 31.2 Å². The van der Waals surface area contributed by atoms with Crippen LogP contribution in [0.1, 0.15) is 31.2 Å². The van der Waals surface area contributed by atoms with Gasteiger partial charge in [-0.1, -0.05) is 6.07 Å². The van der Waals surface area contributed by atoms with Crippen LogP contribution in [-0.2, 0) is 19.7 Å². The van der Waals surface area contributed by atoms with E-state index < -0.39 is 35.9 Å². The highest BCUT2D eigenvalue weighted by atomic mass is 19.3. The number of alkyl halides is 4. The van der Waals surface area contributed by atoms with Gasteiger partial charge < -0.3 is 23.7 Å². The van der Waals surface area contributed by atoms with Gasteiger partial charge in [0.2, 0.25) is 0 Å². The molecule has 1 aliphatic rings. The largest absolute Gasteiger partial charge is 0.431 e. The molecular formula is C17H20F4O5. The van der Waals surface area contributed by atoms with E-state index in [9.17, 15) is 22.4 Å². The summed E-state index contributed by atoms with van der Waals surface area (Å²) in [5.41, 5.74) is -0.602. The Morgan fingerprint density at radius 3 is 1.92 bits per heavy atom. The summed E-state index contributed by atoms with van der Waals surface area (Å²) in [6.45, 7) is -6.42. The fraction of sp³-hybridized carbons (Fsp3) is 0.588. The van der Waals surface area contributed by atoms with Gasteiger partial charge in [-0.25, -0.2) is 0 Å². The second-order valence-corrected chi connectivity index (χ2v) is 6.01. The lowest BCUT2D eigenvalue weighted by Crippen LogP contribution is -2.44. The lowest BCUT2D eigenvalue weighted by Gasteiger charge is -2.42. The molecule has 9 heteroatoms. The number of carbonyl (C=O) groups is 1. The van der Waals surface area contributed by atoms with Crippen LogP contribution in [0, 0.1) is 0 Å². The van der Waals surface area contributed by atoms with Gasteiger partial charge >= 0.3 is 13.2 Å². The Labute approximate surface area is 148 Å². The van der Waals surface area contributed by atoms with Gasteiger partial charge in [-0.2, -0.15) is 17.6 Å². The summed E-state index contributed by atoms with van der Waals surface area (Å²) >= 11 is 0. The molecule has 146 valence electrons. The molecule has 0 aromatic heterocycles. The fourth-order valence-corrected chi connectivity index (χ4v) is 3.24. The van der Waals surface area contributed by atoms with Crippen LogP contribution in [0.25, 0.3) is 0 Å². The molecule has 1 saturated carbocycles. The lowest BCUT2D eigenvalue weighted by molar-refractivity contribution is -0.228. The van der Waals surface area contributed by atoms with Crippen molar-refractivity contribution in [2.75, 3.05) is 14.2 Å². The number of rotatable bonds is 8. The summed E-state index contributed by atoms with van der Waals surface area (Å²) in [7, 11) is 3.00. The van der Waals surface area contributed by atoms with Gasteiger partial charge in [0.05, 0.1) is 5.41 Å². The van der Waals surface area contributed by atoms with Crippen molar-refractivity contribution < 1.29 is 41.3 Å². The standard InChI is InChI=1S/C17H20F4O5/c1-23-17(24-2)7-5-16(10-22,6-8-17)11-3-4-12(25-14(18)19)13(9-11)26-15(20)21/h3-4,9-10,14-15H,5-8H2,1-2H3. The molecule has 1 aromatic rings. The van der Waals surface area contributed by atoms with Crippen LogP contribution in [0.4, 0.5) is 17.6 Å². The zero-order valence-corrected chi connectivity index (χ0v) is 14.3. The second-order valence-electron chi connectivity index (χ2n) is 6.01. The van der Waals surface area contributed by atoms with Gasteiger partial charge in [-0.05, 0) is 30.5 Å². The van der Waals surface area contributed by atoms with Crippen molar-refractivity contribution in [3.05, 3.63) is 23.8 Å². The molecule has 0 N–H and O–H groups in total. The van der Waals surface area contributed by atoms with E-state index in [4.69, 9.17) is 9.47 Å². The zero-order chi connectivity index (χ0) is 19.4. The van der Waals surface area contributed by atoms with Crippen molar-refractivity contribution in [2.24, 2.45) is 0 Å². The quantitative estimate of drug-likeness (QED) is 0.389. The highest BCUT2D eigenvalue weighted by Crippen LogP contribution is 2.45. The minimum Gasteiger partial charge on any atom is -0.431 e. The Hall–Kier alpha value is -1.87. The molecule has 1 fully saturated rings. The molecule has 0 bridgehead atoms. The Morgan fingerprint density at radius 1 is 0.923 bits per heavy atom. The van der Waals surface area contributed by atoms with Crippen LogP contribution < -0.4 is 9.47 Å². The molecule has 0 atom stereocenters. The number of hydrogen-bond acceptors (Lipinski definition) is 5. The third-order valence-electron chi connectivity index (χ3n) is 4.82. The molecule has 0 spiro atoms. The first-order valence-corrected chi connectivity index (χ1v) is 7.90. The molecule has 0 unspecified atom stereocenters. The number of ether oxygens (including phenoxy) is 4. The number of methoxy groups -OCH3 is 2. The monoisotopic (exact) mass is 380 g/mol. The topological polar surface area (TPSA) is 54.0 Å². The van der Waals surface area contributed by atoms with E-state index in [2.05, 4.69) is 9.47 Å². The van der Waals surface area contributed by atoms with Crippen molar-refractivity contribution in [1.82, 2.24) is 0 Å². The lowest BCUT2D eigenvalue weighted by atomic mass is 9.68. The summed E-state index contributed by atoms with van der Waals surface area (Å²) < 4.78 is 69.4. The SMILES string of the molecule is COC1(OC)CCC(C=O)(c2ccc(OC(F)F)c(OC(F)F)c2)CC1. The molecule has 26 heavy (non-hydrogen) atoms. The molecule has 0 radical (unpaired) electrons. The van der Waals surface area contributed by atoms with Gasteiger partial charge in [0.15, 0.2) is 17.3 Å². The number of carbonyl (C=O) groups excluding carboxylic acids is 1. The van der Waals surface area contributed by atoms with Crippen molar-refractivity contribution >= 4 is 6.29 Å². The highest BCUT2D eigenvalue weighted by molar-refractivity contribution is 5.70. The Morgan fingerprint density at radius 2 is 1.46 bits per heavy atom. The van der Waals surface area contributed by atoms with Crippen LogP contribution in [0.15, 0.2) is 18.2 Å². The van der Waals surface area contributed by atoms with Crippen molar-refractivity contribution in [3.63, 3.8) is 0 Å². The predicted octanol–water partition coefficient (Wildman–Crippen LogP) is 3.89. The van der Waals surface area contributed by atoms with Crippen molar-refractivity contribution in [2.45, 2.75) is 50.1 Å². The first-order valence-electron chi connectivity index (χ1n) is 7.90. The van der Waals surface area contributed by atoms with Gasteiger partial charge in [0.25, 0.3) is 0 Å². The van der Waals surface area contributed by atoms with Gasteiger partial charge in [-0.3, -0.25) is 0 Å². The van der Waals surface area contributed by atoms with Crippen LogP contribution in [0.5, 0.6) is 11.5 Å². The Kier molecular flexibility index (Phi) is 6.46. The third kappa shape index (κ3) is 4.27. The van der Waals surface area contributed by atoms with E-state index in [1.165, 1.54) is 20.3 Å². The van der Waals surface area contributed by atoms with Crippen molar-refractivity contribution in [3.8, 4) is 11.5 Å². The minimum absolute atomic E-state index is 0.335. The average Bonchev–Trinajstić information content (AvgIpc) is 2.62. The summed E-state index contributed by atoms with van der Waals surface area (Å²) in [6.07, 6.45) is 2.21. The van der Waals surface area contributed by atoms with Crippen LogP contribution >= 0.6 is 0 Å². The summed E-state index contributed by atoms with van der Waals surface area (Å²) in [4.78, 5) is 11.8. The number of benzene rings is 1. The maximum Gasteiger partial charge on any atom is 0.387 e. The third-order valence-corrected chi connectivity index (χ3v) is 4.82. The average molecular weight is 380 g/mol. The molecule has 5 nitrogen and oxygen atoms in total. The normalized spacial score (nSPS) is 18.8. The van der Waals surface area contributed by atoms with E-state index >= 15 is 0 Å². The summed E-state index contributed by atoms with van der Waals surface area (Å²) in [5, 5.41) is 0. The summed E-state index contributed by atoms with van der Waals surface area (Å²) in [5.74, 6) is -1.88. The number of hydrogen-bond donors (Lipinski definition) is 0. The molecule has 0 amide bonds. The van der Waals surface area contributed by atoms with Crippen LogP contribution in [-0.4, -0.2) is 39.5 Å². The van der Waals surface area contributed by atoms with Gasteiger partial charge in [0.1, 0.15) is 6.29 Å².